The fraction of sp³-hybridized carbons (Fsp3) is 0.400. The van der Waals surface area contributed by atoms with Crippen LogP contribution in [-0.2, 0) is 46.4 Å². The third kappa shape index (κ3) is 3.94. The Morgan fingerprint density at radius 2 is 1.90 bits per heavy atom. The van der Waals surface area contributed by atoms with Gasteiger partial charge in [-0.1, -0.05) is 24.3 Å². The smallest absolute Gasteiger partial charge is 0.418 e. The van der Waals surface area contributed by atoms with Crippen LogP contribution in [0.15, 0.2) is 48.8 Å². The van der Waals surface area contributed by atoms with E-state index < -0.39 is 17.6 Å². The molecule has 39 heavy (non-hydrogen) atoms. The average molecular weight is 529 g/mol. The molecule has 0 radical (unpaired) electrons. The lowest BCUT2D eigenvalue weighted by atomic mass is 9.93. The van der Waals surface area contributed by atoms with Crippen molar-refractivity contribution in [3.63, 3.8) is 0 Å². The second-order valence-corrected chi connectivity index (χ2v) is 11.2. The van der Waals surface area contributed by atoms with E-state index in [4.69, 9.17) is 4.74 Å². The van der Waals surface area contributed by atoms with Crippen LogP contribution < -0.4 is 0 Å². The zero-order valence-electron chi connectivity index (χ0n) is 21.7. The Kier molecular flexibility index (Phi) is 5.40. The molecule has 1 saturated carbocycles. The number of halogens is 1. The summed E-state index contributed by atoms with van der Waals surface area (Å²) < 4.78 is 21.4. The van der Waals surface area contributed by atoms with E-state index in [0.29, 0.717) is 37.3 Å². The third-order valence-electron chi connectivity index (χ3n) is 8.80. The average Bonchev–Trinajstić information content (AvgIpc) is 3.55. The van der Waals surface area contributed by atoms with Gasteiger partial charge in [-0.05, 0) is 72.4 Å². The number of aromatic nitrogens is 2. The summed E-state index contributed by atoms with van der Waals surface area (Å²) in [5.41, 5.74) is 4.03. The number of rotatable bonds is 4. The fourth-order valence-corrected chi connectivity index (χ4v) is 6.61. The van der Waals surface area contributed by atoms with Crippen LogP contribution in [0.2, 0.25) is 0 Å². The Morgan fingerprint density at radius 3 is 2.67 bits per heavy atom. The first-order valence-corrected chi connectivity index (χ1v) is 13.6. The number of amides is 3. The maximum absolute atomic E-state index is 13.9. The molecule has 2 aliphatic carbocycles. The molecule has 3 aromatic rings. The zero-order chi connectivity index (χ0) is 26.9. The van der Waals surface area contributed by atoms with Gasteiger partial charge in [0.05, 0.1) is 6.20 Å². The van der Waals surface area contributed by atoms with Crippen LogP contribution in [0.25, 0.3) is 11.1 Å². The summed E-state index contributed by atoms with van der Waals surface area (Å²) in [5, 5.41) is 4.23. The molecule has 1 aromatic heterocycles. The van der Waals surface area contributed by atoms with E-state index in [-0.39, 0.29) is 24.3 Å². The largest absolute Gasteiger partial charge is 0.427 e. The number of imide groups is 1. The first-order valence-electron chi connectivity index (χ1n) is 13.6. The van der Waals surface area contributed by atoms with E-state index in [1.807, 2.05) is 31.4 Å². The molecule has 2 aliphatic heterocycles. The number of carbonyl (C=O) groups is 3. The quantitative estimate of drug-likeness (QED) is 0.509. The number of hydrogen-bond acceptors (Lipinski definition) is 5. The Morgan fingerprint density at radius 1 is 1.05 bits per heavy atom. The minimum Gasteiger partial charge on any atom is -0.427 e. The van der Waals surface area contributed by atoms with Gasteiger partial charge in [0.15, 0.2) is 0 Å². The predicted octanol–water partition coefficient (Wildman–Crippen LogP) is 4.10. The van der Waals surface area contributed by atoms with Gasteiger partial charge in [0.1, 0.15) is 12.4 Å². The fourth-order valence-electron chi connectivity index (χ4n) is 6.61. The number of benzene rings is 2. The predicted molar refractivity (Wildman–Crippen MR) is 139 cm³/mol. The molecule has 1 unspecified atom stereocenters. The highest BCUT2D eigenvalue weighted by atomic mass is 19.1. The second-order valence-electron chi connectivity index (χ2n) is 11.2. The summed E-state index contributed by atoms with van der Waals surface area (Å²) in [5.74, 6) is -0.640. The summed E-state index contributed by atoms with van der Waals surface area (Å²) in [4.78, 5) is 43.3. The Balaban J connectivity index is 1.14. The normalized spacial score (nSPS) is 24.1. The molecule has 0 bridgehead atoms. The lowest BCUT2D eigenvalue weighted by Gasteiger charge is -2.31. The number of aryl methyl sites for hydroxylation is 3. The second kappa shape index (κ2) is 8.76. The highest BCUT2D eigenvalue weighted by Crippen LogP contribution is 2.46. The molecule has 7 rings (SSSR count). The van der Waals surface area contributed by atoms with Gasteiger partial charge in [-0.15, -0.1) is 0 Å². The molecule has 1 spiro atoms. The van der Waals surface area contributed by atoms with Crippen molar-refractivity contribution in [2.24, 2.45) is 13.0 Å². The highest BCUT2D eigenvalue weighted by Gasteiger charge is 2.58. The number of fused-ring (bicyclic) bond motifs is 3. The van der Waals surface area contributed by atoms with Gasteiger partial charge in [-0.3, -0.25) is 14.3 Å². The van der Waals surface area contributed by atoms with Gasteiger partial charge in [0.25, 0.3) is 5.91 Å². The van der Waals surface area contributed by atoms with E-state index in [1.165, 1.54) is 6.07 Å². The van der Waals surface area contributed by atoms with E-state index in [9.17, 15) is 18.8 Å². The molecule has 3 heterocycles. The first kappa shape index (κ1) is 24.1. The molecule has 200 valence electrons. The highest BCUT2D eigenvalue weighted by molar-refractivity contribution is 6.06. The molecule has 0 N–H and O–H groups in total. The van der Waals surface area contributed by atoms with Crippen LogP contribution in [0.5, 0.6) is 0 Å². The minimum absolute atomic E-state index is 0.00810. The van der Waals surface area contributed by atoms with E-state index in [0.717, 1.165) is 52.0 Å². The molecule has 3 amide bonds. The van der Waals surface area contributed by atoms with Gasteiger partial charge in [-0.2, -0.15) is 5.10 Å². The minimum atomic E-state index is -1.39. The summed E-state index contributed by atoms with van der Waals surface area (Å²) in [6.07, 6.45) is 7.40. The van der Waals surface area contributed by atoms with Crippen molar-refractivity contribution in [3.05, 3.63) is 76.9 Å². The molecule has 2 atom stereocenters. The topological polar surface area (TPSA) is 84.7 Å². The van der Waals surface area contributed by atoms with Crippen molar-refractivity contribution in [3.8, 4) is 11.1 Å². The van der Waals surface area contributed by atoms with Crippen molar-refractivity contribution in [2.75, 3.05) is 6.54 Å². The Labute approximate surface area is 225 Å². The molecule has 1 saturated heterocycles. The lowest BCUT2D eigenvalue weighted by Crippen LogP contribution is -2.48. The number of ether oxygens (including phenoxy) is 1. The van der Waals surface area contributed by atoms with Crippen LogP contribution in [0.3, 0.4) is 0 Å². The number of carbonyl (C=O) groups excluding carboxylic acids is 3. The van der Waals surface area contributed by atoms with Crippen molar-refractivity contribution in [1.29, 1.82) is 0 Å². The standard InChI is InChI=1S/C30H29FN4O4/c1-33-15-23(14-32-33)19-5-8-25-21(12-19)10-11-30(25)28(37)35(29(38)39-30)17-27(36)34-16-22-4-7-24(31)13-20(22)6-9-26(34)18-2-3-18/h4-5,7-8,12-15,18,26H,2-3,6,9-11,16-17H2,1H3/t26-,30?/m1/s1. The molecule has 2 fully saturated rings. The molecule has 2 aromatic carbocycles. The van der Waals surface area contributed by atoms with Crippen molar-refractivity contribution >= 4 is 17.9 Å². The van der Waals surface area contributed by atoms with Gasteiger partial charge in [0.2, 0.25) is 11.5 Å². The van der Waals surface area contributed by atoms with Crippen LogP contribution in [-0.4, -0.2) is 50.1 Å². The summed E-state index contributed by atoms with van der Waals surface area (Å²) in [7, 11) is 1.86. The van der Waals surface area contributed by atoms with E-state index in [1.54, 1.807) is 27.9 Å². The first-order chi connectivity index (χ1) is 18.8. The van der Waals surface area contributed by atoms with Crippen LogP contribution in [0.1, 0.15) is 47.9 Å². The van der Waals surface area contributed by atoms with E-state index in [2.05, 4.69) is 5.10 Å². The van der Waals surface area contributed by atoms with Gasteiger partial charge >= 0.3 is 6.09 Å². The summed E-state index contributed by atoms with van der Waals surface area (Å²) >= 11 is 0. The molecule has 8 nitrogen and oxygen atoms in total. The number of hydrogen-bond donors (Lipinski definition) is 0. The molecular formula is C30H29FN4O4. The lowest BCUT2D eigenvalue weighted by molar-refractivity contribution is -0.143. The molecule has 4 aliphatic rings. The maximum atomic E-state index is 13.9. The monoisotopic (exact) mass is 528 g/mol. The molecule has 9 heteroatoms. The van der Waals surface area contributed by atoms with Crippen molar-refractivity contribution in [1.82, 2.24) is 19.6 Å². The SMILES string of the molecule is Cn1cc(-c2ccc3c(c2)CCC32OC(=O)N(CC(=O)N3Cc4ccc(F)cc4CC[C@@H]3C3CC3)C2=O)cn1. The van der Waals surface area contributed by atoms with Gasteiger partial charge < -0.3 is 9.64 Å². The van der Waals surface area contributed by atoms with Crippen molar-refractivity contribution < 1.29 is 23.5 Å². The summed E-state index contributed by atoms with van der Waals surface area (Å²) in [6, 6.07) is 10.5. The van der Waals surface area contributed by atoms with Gasteiger partial charge in [-0.25, -0.2) is 14.1 Å². The molecular weight excluding hydrogens is 499 g/mol. The van der Waals surface area contributed by atoms with Crippen LogP contribution in [0, 0.1) is 11.7 Å². The summed E-state index contributed by atoms with van der Waals surface area (Å²) in [6.45, 7) is -0.0138. The Bertz CT molecular complexity index is 1530. The number of nitrogens with zero attached hydrogens (tertiary/aromatic N) is 4. The maximum Gasteiger partial charge on any atom is 0.418 e. The van der Waals surface area contributed by atoms with Gasteiger partial charge in [0, 0.05) is 43.4 Å². The van der Waals surface area contributed by atoms with Crippen molar-refractivity contribution in [2.45, 2.75) is 56.7 Å². The Hall–Kier alpha value is -4.01. The van der Waals surface area contributed by atoms with Crippen LogP contribution >= 0.6 is 0 Å². The third-order valence-corrected chi connectivity index (χ3v) is 8.80. The van der Waals surface area contributed by atoms with Crippen LogP contribution in [0.4, 0.5) is 9.18 Å². The zero-order valence-corrected chi connectivity index (χ0v) is 21.7. The van der Waals surface area contributed by atoms with E-state index >= 15 is 0 Å².